The van der Waals surface area contributed by atoms with Gasteiger partial charge in [-0.2, -0.15) is 26.3 Å². The van der Waals surface area contributed by atoms with Gasteiger partial charge in [0.25, 0.3) is 0 Å². The number of hydrogen-bond acceptors (Lipinski definition) is 4. The van der Waals surface area contributed by atoms with Crippen LogP contribution in [0.1, 0.15) is 60.8 Å². The lowest BCUT2D eigenvalue weighted by atomic mass is 9.48. The first-order chi connectivity index (χ1) is 20.9. The van der Waals surface area contributed by atoms with E-state index in [4.69, 9.17) is 0 Å². The maximum atomic E-state index is 15.0. The van der Waals surface area contributed by atoms with Crippen molar-refractivity contribution in [2.24, 2.45) is 17.3 Å². The van der Waals surface area contributed by atoms with Crippen LogP contribution in [0.2, 0.25) is 0 Å². The molecule has 6 rings (SSSR count). The maximum Gasteiger partial charge on any atom is 0.435 e. The van der Waals surface area contributed by atoms with Crippen molar-refractivity contribution in [3.05, 3.63) is 70.8 Å². The first-order valence-corrected chi connectivity index (χ1v) is 16.3. The number of aryl methyl sites for hydroxylation is 1. The zero-order valence-corrected chi connectivity index (χ0v) is 24.6. The Hall–Kier alpha value is -3.16. The third-order valence-corrected chi connectivity index (χ3v) is 13.0. The molecule has 1 N–H and O–H groups in total. The predicted octanol–water partition coefficient (Wildman–Crippen LogP) is 6.22. The van der Waals surface area contributed by atoms with Crippen LogP contribution in [0.4, 0.5) is 30.7 Å². The second-order valence-electron chi connectivity index (χ2n) is 13.0. The molecule has 0 radical (unpaired) electrons. The molecule has 3 fully saturated rings. The first-order valence-electron chi connectivity index (χ1n) is 14.6. The van der Waals surface area contributed by atoms with Crippen molar-refractivity contribution < 1.29 is 53.8 Å². The van der Waals surface area contributed by atoms with E-state index in [2.05, 4.69) is 0 Å². The van der Waals surface area contributed by atoms with E-state index in [9.17, 15) is 49.5 Å². The minimum absolute atomic E-state index is 0.00187. The van der Waals surface area contributed by atoms with Gasteiger partial charge < -0.3 is 10.0 Å². The third kappa shape index (κ3) is 4.67. The molecule has 6 nitrogen and oxygen atoms in total. The minimum atomic E-state index is -6.32. The monoisotopic (exact) mass is 661 g/mol. The van der Waals surface area contributed by atoms with E-state index in [0.29, 0.717) is 43.4 Å². The second-order valence-corrected chi connectivity index (χ2v) is 15.3. The van der Waals surface area contributed by atoms with E-state index in [1.807, 2.05) is 0 Å². The molecule has 1 saturated heterocycles. The number of nitrogens with zero attached hydrogens (tertiary/aromatic N) is 1. The Bertz CT molecular complexity index is 1610. The fourth-order valence-corrected chi connectivity index (χ4v) is 10.9. The third-order valence-electron chi connectivity index (χ3n) is 10.5. The number of aliphatic carboxylic acids is 1. The average Bonchev–Trinajstić information content (AvgIpc) is 3.31. The number of halogens is 7. The molecule has 1 spiro atoms. The number of rotatable bonds is 6. The van der Waals surface area contributed by atoms with Gasteiger partial charge >= 0.3 is 24.0 Å². The summed E-state index contributed by atoms with van der Waals surface area (Å²) in [6.07, 6.45) is -11.1. The molecule has 2 saturated carbocycles. The Balaban J connectivity index is 1.38. The molecular weight excluding hydrogens is 631 g/mol. The lowest BCUT2D eigenvalue weighted by Crippen LogP contribution is -2.57. The van der Waals surface area contributed by atoms with Crippen LogP contribution in [0.5, 0.6) is 0 Å². The number of alkyl halides is 7. The van der Waals surface area contributed by atoms with Crippen molar-refractivity contribution in [2.45, 2.75) is 79.5 Å². The molecule has 2 aromatic rings. The van der Waals surface area contributed by atoms with E-state index >= 15 is 4.39 Å². The lowest BCUT2D eigenvalue weighted by molar-refractivity contribution is -0.348. The summed E-state index contributed by atoms with van der Waals surface area (Å²) in [5.74, 6) is -2.57. The summed E-state index contributed by atoms with van der Waals surface area (Å²) in [6.45, 7) is -0.00187. The molecule has 4 aliphatic rings. The molecule has 3 aliphatic carbocycles. The van der Waals surface area contributed by atoms with Gasteiger partial charge in [0.15, 0.2) is 9.84 Å². The van der Waals surface area contributed by atoms with Gasteiger partial charge in [-0.15, -0.1) is 0 Å². The summed E-state index contributed by atoms with van der Waals surface area (Å²) in [4.78, 5) is 26.5. The van der Waals surface area contributed by atoms with Gasteiger partial charge in [-0.05, 0) is 67.1 Å². The van der Waals surface area contributed by atoms with E-state index in [1.54, 1.807) is 30.3 Å². The molecule has 1 amide bonds. The van der Waals surface area contributed by atoms with Crippen LogP contribution in [-0.2, 0) is 42.0 Å². The van der Waals surface area contributed by atoms with Crippen LogP contribution >= 0.6 is 0 Å². The molecule has 2 aromatic carbocycles. The summed E-state index contributed by atoms with van der Waals surface area (Å²) in [6, 6.07) is 8.84. The van der Waals surface area contributed by atoms with Crippen molar-refractivity contribution in [3.63, 3.8) is 0 Å². The van der Waals surface area contributed by atoms with Crippen molar-refractivity contribution in [1.82, 2.24) is 4.90 Å². The fourth-order valence-electron chi connectivity index (χ4n) is 8.38. The highest BCUT2D eigenvalue weighted by molar-refractivity contribution is 7.91. The SMILES string of the molecule is O=C(O)C1CC2(C1)CC(C(=O)N1CCC3(S(=O)(=O)Cc4ccccc4)c4ccc(C(F)(C(F)(F)F)C(F)(F)F)cc4CCC13)C2. The zero-order valence-electron chi connectivity index (χ0n) is 23.8. The largest absolute Gasteiger partial charge is 0.481 e. The maximum absolute atomic E-state index is 15.0. The van der Waals surface area contributed by atoms with Crippen LogP contribution in [-0.4, -0.2) is 55.2 Å². The van der Waals surface area contributed by atoms with Crippen molar-refractivity contribution in [3.8, 4) is 0 Å². The molecule has 2 unspecified atom stereocenters. The van der Waals surface area contributed by atoms with Crippen LogP contribution < -0.4 is 0 Å². The number of sulfone groups is 1. The molecule has 45 heavy (non-hydrogen) atoms. The summed E-state index contributed by atoms with van der Waals surface area (Å²) < 4.78 is 123. The molecule has 1 aliphatic heterocycles. The number of benzene rings is 2. The number of carboxylic acid groups (broad SMARTS) is 1. The van der Waals surface area contributed by atoms with E-state index < -0.39 is 67.8 Å². The van der Waals surface area contributed by atoms with Gasteiger partial charge in [-0.25, -0.2) is 12.8 Å². The molecule has 244 valence electrons. The number of carbonyl (C=O) groups excluding carboxylic acids is 1. The Kier molecular flexibility index (Phi) is 7.19. The summed E-state index contributed by atoms with van der Waals surface area (Å²) in [5.41, 5.74) is -7.32. The van der Waals surface area contributed by atoms with Crippen LogP contribution in [0.3, 0.4) is 0 Å². The minimum Gasteiger partial charge on any atom is -0.481 e. The smallest absolute Gasteiger partial charge is 0.435 e. The van der Waals surface area contributed by atoms with Gasteiger partial charge in [-0.3, -0.25) is 9.59 Å². The molecule has 1 heterocycles. The summed E-state index contributed by atoms with van der Waals surface area (Å²) in [7, 11) is -4.26. The summed E-state index contributed by atoms with van der Waals surface area (Å²) >= 11 is 0. The van der Waals surface area contributed by atoms with Crippen molar-refractivity contribution in [2.75, 3.05) is 6.54 Å². The highest BCUT2D eigenvalue weighted by Gasteiger charge is 2.74. The van der Waals surface area contributed by atoms with E-state index in [0.717, 1.165) is 6.07 Å². The fraction of sp³-hybridized carbons (Fsp3) is 0.548. The molecule has 14 heteroatoms. The predicted molar refractivity (Wildman–Crippen MR) is 146 cm³/mol. The van der Waals surface area contributed by atoms with Crippen molar-refractivity contribution in [1.29, 1.82) is 0 Å². The number of likely N-dealkylation sites (tertiary alicyclic amines) is 1. The zero-order chi connectivity index (χ0) is 32.8. The number of carbonyl (C=O) groups is 2. The lowest BCUT2D eigenvalue weighted by Gasteiger charge is -2.57. The van der Waals surface area contributed by atoms with Crippen LogP contribution in [0.25, 0.3) is 0 Å². The Morgan fingerprint density at radius 3 is 2.07 bits per heavy atom. The van der Waals surface area contributed by atoms with Gasteiger partial charge in [-0.1, -0.05) is 48.5 Å². The number of amides is 1. The molecular formula is C31H30F7NO5S. The number of carboxylic acids is 1. The van der Waals surface area contributed by atoms with Gasteiger partial charge in [0.2, 0.25) is 5.91 Å². The van der Waals surface area contributed by atoms with Gasteiger partial charge in [0.05, 0.1) is 17.7 Å². The Morgan fingerprint density at radius 2 is 1.49 bits per heavy atom. The highest BCUT2D eigenvalue weighted by atomic mass is 32.2. The van der Waals surface area contributed by atoms with Crippen LogP contribution in [0, 0.1) is 17.3 Å². The number of hydrogen-bond donors (Lipinski definition) is 1. The highest BCUT2D eigenvalue weighted by Crippen LogP contribution is 2.62. The quantitative estimate of drug-likeness (QED) is 0.371. The molecule has 0 bridgehead atoms. The number of fused-ring (bicyclic) bond motifs is 3. The van der Waals surface area contributed by atoms with Crippen molar-refractivity contribution >= 4 is 21.7 Å². The van der Waals surface area contributed by atoms with Crippen LogP contribution in [0.15, 0.2) is 48.5 Å². The standard InChI is InChI=1S/C31H30F7NO5S/c32-29(30(33,34)35,31(36,37)38)22-7-8-23-19(12-22)6-9-24-28(23,45(43,44)17-18-4-2-1-3-5-18)10-11-39(24)25(40)20-13-27(14-20)15-21(16-27)26(41)42/h1-5,7-8,12,20-21,24H,6,9-11,13-17H2,(H,41,42). The Morgan fingerprint density at radius 1 is 0.889 bits per heavy atom. The Labute approximate surface area is 254 Å². The average molecular weight is 662 g/mol. The topological polar surface area (TPSA) is 91.8 Å². The van der Waals surface area contributed by atoms with E-state index in [-0.39, 0.29) is 48.3 Å². The summed E-state index contributed by atoms with van der Waals surface area (Å²) in [5, 5.41) is 9.23. The molecule has 2 atom stereocenters. The van der Waals surface area contributed by atoms with Gasteiger partial charge in [0.1, 0.15) is 4.75 Å². The normalized spacial score (nSPS) is 29.8. The second kappa shape index (κ2) is 10.2. The van der Waals surface area contributed by atoms with E-state index in [1.165, 1.54) is 4.90 Å². The van der Waals surface area contributed by atoms with Gasteiger partial charge in [0, 0.05) is 18.0 Å². The first kappa shape index (κ1) is 31.8. The molecule has 0 aromatic heterocycles.